The van der Waals surface area contributed by atoms with Crippen LogP contribution < -0.4 is 0 Å². The van der Waals surface area contributed by atoms with Crippen molar-refractivity contribution in [2.75, 3.05) is 13.1 Å². The van der Waals surface area contributed by atoms with Gasteiger partial charge in [-0.3, -0.25) is 14.8 Å². The van der Waals surface area contributed by atoms with E-state index >= 15 is 0 Å². The number of carbonyl (C=O) groups excluding carboxylic acids is 1. The molecule has 148 valence electrons. The molecule has 0 N–H and O–H groups in total. The van der Waals surface area contributed by atoms with E-state index in [2.05, 4.69) is 20.1 Å². The Bertz CT molecular complexity index is 1130. The van der Waals surface area contributed by atoms with Crippen molar-refractivity contribution in [2.24, 2.45) is 0 Å². The van der Waals surface area contributed by atoms with Crippen molar-refractivity contribution in [3.05, 3.63) is 96.4 Å². The van der Waals surface area contributed by atoms with Crippen LogP contribution in [0.1, 0.15) is 33.6 Å². The van der Waals surface area contributed by atoms with Gasteiger partial charge in [0, 0.05) is 49.4 Å². The number of hydrogen-bond acceptors (Lipinski definition) is 6. The summed E-state index contributed by atoms with van der Waals surface area (Å²) < 4.78 is 5.66. The summed E-state index contributed by atoms with van der Waals surface area (Å²) in [7, 11) is 0. The predicted molar refractivity (Wildman–Crippen MR) is 110 cm³/mol. The highest BCUT2D eigenvalue weighted by atomic mass is 16.5. The Labute approximate surface area is 173 Å². The first-order valence-corrected chi connectivity index (χ1v) is 9.78. The molecule has 7 nitrogen and oxygen atoms in total. The van der Waals surface area contributed by atoms with Crippen molar-refractivity contribution < 1.29 is 9.32 Å². The molecule has 5 rings (SSSR count). The van der Waals surface area contributed by atoms with Crippen molar-refractivity contribution in [1.82, 2.24) is 25.0 Å². The number of aromatic nitrogens is 4. The lowest BCUT2D eigenvalue weighted by Crippen LogP contribution is -2.28. The molecule has 1 fully saturated rings. The normalized spacial score (nSPS) is 18.5. The van der Waals surface area contributed by atoms with E-state index in [0.29, 0.717) is 30.4 Å². The van der Waals surface area contributed by atoms with Gasteiger partial charge in [0.15, 0.2) is 0 Å². The first kappa shape index (κ1) is 18.2. The summed E-state index contributed by atoms with van der Waals surface area (Å²) in [4.78, 5) is 27.8. The van der Waals surface area contributed by atoms with Crippen LogP contribution in [0.25, 0.3) is 11.4 Å². The van der Waals surface area contributed by atoms with Gasteiger partial charge in [-0.15, -0.1) is 0 Å². The van der Waals surface area contributed by atoms with Crippen LogP contribution in [-0.4, -0.2) is 44.0 Å². The molecule has 1 saturated heterocycles. The molecule has 0 bridgehead atoms. The quantitative estimate of drug-likeness (QED) is 0.524. The number of hydrogen-bond donors (Lipinski definition) is 0. The van der Waals surface area contributed by atoms with Crippen LogP contribution >= 0.6 is 0 Å². The van der Waals surface area contributed by atoms with E-state index < -0.39 is 0 Å². The number of pyridine rings is 2. The molecule has 1 amide bonds. The Kier molecular flexibility index (Phi) is 4.77. The topological polar surface area (TPSA) is 85.0 Å². The number of nitrogens with zero attached hydrogens (tertiary/aromatic N) is 5. The van der Waals surface area contributed by atoms with Gasteiger partial charge in [0.05, 0.1) is 11.5 Å². The molecule has 1 aliphatic heterocycles. The minimum atomic E-state index is -0.111. The van der Waals surface area contributed by atoms with Gasteiger partial charge in [-0.05, 0) is 23.8 Å². The molecule has 30 heavy (non-hydrogen) atoms. The first-order valence-electron chi connectivity index (χ1n) is 9.78. The summed E-state index contributed by atoms with van der Waals surface area (Å²) in [6.45, 7) is 1.04. The molecule has 1 aliphatic rings. The second kappa shape index (κ2) is 7.87. The molecule has 0 spiro atoms. The molecule has 7 heteroatoms. The van der Waals surface area contributed by atoms with E-state index in [-0.39, 0.29) is 17.7 Å². The van der Waals surface area contributed by atoms with Crippen molar-refractivity contribution in [1.29, 1.82) is 0 Å². The summed E-state index contributed by atoms with van der Waals surface area (Å²) in [5.41, 5.74) is 2.51. The zero-order chi connectivity index (χ0) is 20.3. The third-order valence-electron chi connectivity index (χ3n) is 5.42. The monoisotopic (exact) mass is 397 g/mol. The number of carbonyl (C=O) groups is 1. The van der Waals surface area contributed by atoms with E-state index in [1.165, 1.54) is 0 Å². The maximum Gasteiger partial charge on any atom is 0.255 e. The van der Waals surface area contributed by atoms with Crippen LogP contribution in [0.2, 0.25) is 0 Å². The van der Waals surface area contributed by atoms with Crippen LogP contribution in [0.3, 0.4) is 0 Å². The maximum absolute atomic E-state index is 13.0. The molecule has 1 aromatic carbocycles. The predicted octanol–water partition coefficient (Wildman–Crippen LogP) is 3.55. The average molecular weight is 397 g/mol. The fourth-order valence-electron chi connectivity index (χ4n) is 3.92. The smallest absolute Gasteiger partial charge is 0.255 e. The minimum Gasteiger partial charge on any atom is -0.339 e. The minimum absolute atomic E-state index is 0.0170. The first-order chi connectivity index (χ1) is 14.8. The van der Waals surface area contributed by atoms with Gasteiger partial charge in [-0.1, -0.05) is 41.6 Å². The van der Waals surface area contributed by atoms with Gasteiger partial charge in [0.1, 0.15) is 0 Å². The SMILES string of the molecule is O=C(c1cccnc1)N1CC(c2cccnc2)C(c2nc(-c3ccccc3)no2)C1. The van der Waals surface area contributed by atoms with E-state index in [1.807, 2.05) is 53.6 Å². The fraction of sp³-hybridized carbons (Fsp3) is 0.174. The van der Waals surface area contributed by atoms with Gasteiger partial charge in [-0.25, -0.2) is 0 Å². The Morgan fingerprint density at radius 1 is 0.900 bits per heavy atom. The van der Waals surface area contributed by atoms with Crippen LogP contribution in [-0.2, 0) is 0 Å². The van der Waals surface area contributed by atoms with E-state index in [1.54, 1.807) is 30.7 Å². The Balaban J connectivity index is 1.47. The van der Waals surface area contributed by atoms with Gasteiger partial charge in [0.2, 0.25) is 11.7 Å². The Hall–Kier alpha value is -3.87. The van der Waals surface area contributed by atoms with Gasteiger partial charge in [0.25, 0.3) is 5.91 Å². The van der Waals surface area contributed by atoms with Crippen molar-refractivity contribution >= 4 is 5.91 Å². The lowest BCUT2D eigenvalue weighted by atomic mass is 9.90. The molecule has 0 aliphatic carbocycles. The lowest BCUT2D eigenvalue weighted by molar-refractivity contribution is 0.0787. The third-order valence-corrected chi connectivity index (χ3v) is 5.42. The van der Waals surface area contributed by atoms with E-state index in [0.717, 1.165) is 11.1 Å². The highest BCUT2D eigenvalue weighted by molar-refractivity contribution is 5.94. The number of amides is 1. The number of benzene rings is 1. The lowest BCUT2D eigenvalue weighted by Gasteiger charge is -2.16. The molecular formula is C23H19N5O2. The van der Waals surface area contributed by atoms with Crippen molar-refractivity contribution in [2.45, 2.75) is 11.8 Å². The maximum atomic E-state index is 13.0. The summed E-state index contributed by atoms with van der Waals surface area (Å²) in [6, 6.07) is 17.2. The fourth-order valence-corrected chi connectivity index (χ4v) is 3.92. The summed E-state index contributed by atoms with van der Waals surface area (Å²) >= 11 is 0. The molecular weight excluding hydrogens is 378 g/mol. The largest absolute Gasteiger partial charge is 0.339 e. The number of likely N-dealkylation sites (tertiary alicyclic amines) is 1. The van der Waals surface area contributed by atoms with E-state index in [4.69, 9.17) is 4.52 Å². The van der Waals surface area contributed by atoms with Crippen LogP contribution in [0.4, 0.5) is 0 Å². The second-order valence-corrected chi connectivity index (χ2v) is 7.27. The summed E-state index contributed by atoms with van der Waals surface area (Å²) in [5, 5.41) is 4.17. The molecule has 2 unspecified atom stereocenters. The highest BCUT2D eigenvalue weighted by Crippen LogP contribution is 2.39. The van der Waals surface area contributed by atoms with Gasteiger partial charge in [-0.2, -0.15) is 4.98 Å². The summed E-state index contributed by atoms with van der Waals surface area (Å²) in [6.07, 6.45) is 6.83. The van der Waals surface area contributed by atoms with Crippen LogP contribution in [0.5, 0.6) is 0 Å². The molecule has 4 heterocycles. The zero-order valence-electron chi connectivity index (χ0n) is 16.1. The Morgan fingerprint density at radius 2 is 1.67 bits per heavy atom. The van der Waals surface area contributed by atoms with Crippen molar-refractivity contribution in [3.8, 4) is 11.4 Å². The number of rotatable bonds is 4. The standard InChI is InChI=1S/C23H19N5O2/c29-23(18-9-5-11-25-13-18)28-14-19(17-8-4-10-24-12-17)20(15-28)22-26-21(27-30-22)16-6-2-1-3-7-16/h1-13,19-20H,14-15H2. The molecule has 0 radical (unpaired) electrons. The average Bonchev–Trinajstić information content (AvgIpc) is 3.48. The van der Waals surface area contributed by atoms with Crippen LogP contribution in [0, 0.1) is 0 Å². The second-order valence-electron chi connectivity index (χ2n) is 7.27. The van der Waals surface area contributed by atoms with Gasteiger partial charge >= 0.3 is 0 Å². The molecule has 0 saturated carbocycles. The van der Waals surface area contributed by atoms with Gasteiger partial charge < -0.3 is 9.42 Å². The van der Waals surface area contributed by atoms with Crippen LogP contribution in [0.15, 0.2) is 83.9 Å². The molecule has 2 atom stereocenters. The summed E-state index contributed by atoms with van der Waals surface area (Å²) in [5.74, 6) is 0.933. The van der Waals surface area contributed by atoms with E-state index in [9.17, 15) is 4.79 Å². The third kappa shape index (κ3) is 3.45. The molecule has 4 aromatic rings. The zero-order valence-corrected chi connectivity index (χ0v) is 16.1. The van der Waals surface area contributed by atoms with Crippen molar-refractivity contribution in [3.63, 3.8) is 0 Å². The Morgan fingerprint density at radius 3 is 2.40 bits per heavy atom. The highest BCUT2D eigenvalue weighted by Gasteiger charge is 2.40. The molecule has 3 aromatic heterocycles.